The molecule has 0 fully saturated rings. The molecule has 1 unspecified atom stereocenters. The molecule has 1 aliphatic rings. The predicted octanol–water partition coefficient (Wildman–Crippen LogP) is 3.51. The number of hydrogen-bond donors (Lipinski definition) is 1. The maximum atomic E-state index is 12.8. The molecule has 0 radical (unpaired) electrons. The lowest BCUT2D eigenvalue weighted by atomic mass is 10.1. The zero-order valence-electron chi connectivity index (χ0n) is 13.4. The van der Waals surface area contributed by atoms with Crippen LogP contribution in [0.25, 0.3) is 0 Å². The van der Waals surface area contributed by atoms with Crippen LogP contribution in [0.1, 0.15) is 12.5 Å². The standard InChI is InChI=1S/C18H17BrN2O3/c1-11-7-8-16(13(19)9-11)24-12(2)18(23)21-10-17(22)20-14-5-3-4-6-15(14)21/h3-9,12H,10H2,1-2H3,(H,20,22). The fourth-order valence-electron chi connectivity index (χ4n) is 2.59. The minimum Gasteiger partial charge on any atom is -0.480 e. The Morgan fingerprint density at radius 1 is 1.29 bits per heavy atom. The number of hydrogen-bond acceptors (Lipinski definition) is 3. The van der Waals surface area contributed by atoms with Crippen molar-refractivity contribution in [2.75, 3.05) is 16.8 Å². The maximum absolute atomic E-state index is 12.8. The van der Waals surface area contributed by atoms with E-state index in [0.29, 0.717) is 17.1 Å². The number of amides is 2. The van der Waals surface area contributed by atoms with Gasteiger partial charge >= 0.3 is 0 Å². The van der Waals surface area contributed by atoms with E-state index in [-0.39, 0.29) is 18.4 Å². The second kappa shape index (κ2) is 6.65. The van der Waals surface area contributed by atoms with Crippen LogP contribution < -0.4 is 15.0 Å². The summed E-state index contributed by atoms with van der Waals surface area (Å²) in [7, 11) is 0. The average Bonchev–Trinajstić information content (AvgIpc) is 2.55. The molecule has 6 heteroatoms. The van der Waals surface area contributed by atoms with Gasteiger partial charge in [0.25, 0.3) is 5.91 Å². The number of fused-ring (bicyclic) bond motifs is 1. The molecule has 2 aromatic carbocycles. The lowest BCUT2D eigenvalue weighted by Crippen LogP contribution is -2.47. The first-order chi connectivity index (χ1) is 11.5. The Morgan fingerprint density at radius 3 is 2.79 bits per heavy atom. The van der Waals surface area contributed by atoms with Gasteiger partial charge in [-0.2, -0.15) is 0 Å². The van der Waals surface area contributed by atoms with Gasteiger partial charge in [-0.25, -0.2) is 0 Å². The smallest absolute Gasteiger partial charge is 0.268 e. The zero-order chi connectivity index (χ0) is 17.3. The molecule has 1 heterocycles. The van der Waals surface area contributed by atoms with Crippen LogP contribution in [0.2, 0.25) is 0 Å². The fourth-order valence-corrected chi connectivity index (χ4v) is 3.18. The van der Waals surface area contributed by atoms with Gasteiger partial charge in [0.05, 0.1) is 15.8 Å². The van der Waals surface area contributed by atoms with E-state index >= 15 is 0 Å². The van der Waals surface area contributed by atoms with Crippen LogP contribution in [0.15, 0.2) is 46.9 Å². The molecule has 1 atom stereocenters. The molecule has 0 saturated carbocycles. The van der Waals surface area contributed by atoms with Crippen LogP contribution in [-0.4, -0.2) is 24.5 Å². The number of nitrogens with one attached hydrogen (secondary N) is 1. The van der Waals surface area contributed by atoms with E-state index in [1.807, 2.05) is 37.3 Å². The fraction of sp³-hybridized carbons (Fsp3) is 0.222. The Kier molecular flexibility index (Phi) is 4.57. The molecule has 0 aromatic heterocycles. The molecule has 0 spiro atoms. The largest absolute Gasteiger partial charge is 0.480 e. The molecule has 124 valence electrons. The normalized spacial score (nSPS) is 14.6. The van der Waals surface area contributed by atoms with Gasteiger partial charge < -0.3 is 10.1 Å². The van der Waals surface area contributed by atoms with E-state index in [1.165, 1.54) is 4.90 Å². The van der Waals surface area contributed by atoms with Crippen molar-refractivity contribution in [3.8, 4) is 5.75 Å². The molecular weight excluding hydrogens is 372 g/mol. The van der Waals surface area contributed by atoms with Crippen molar-refractivity contribution in [3.05, 3.63) is 52.5 Å². The summed E-state index contributed by atoms with van der Waals surface area (Å²) in [6, 6.07) is 12.9. The highest BCUT2D eigenvalue weighted by atomic mass is 79.9. The van der Waals surface area contributed by atoms with E-state index in [2.05, 4.69) is 21.2 Å². The molecule has 2 aromatic rings. The highest BCUT2D eigenvalue weighted by Gasteiger charge is 2.30. The number of rotatable bonds is 3. The molecule has 24 heavy (non-hydrogen) atoms. The third-order valence-corrected chi connectivity index (χ3v) is 4.40. The van der Waals surface area contributed by atoms with Crippen molar-refractivity contribution in [2.45, 2.75) is 20.0 Å². The third-order valence-electron chi connectivity index (χ3n) is 3.78. The maximum Gasteiger partial charge on any atom is 0.268 e. The van der Waals surface area contributed by atoms with E-state index in [9.17, 15) is 9.59 Å². The Morgan fingerprint density at radius 2 is 2.04 bits per heavy atom. The first kappa shape index (κ1) is 16.5. The van der Waals surface area contributed by atoms with Gasteiger partial charge in [0.15, 0.2) is 6.10 Å². The molecule has 5 nitrogen and oxygen atoms in total. The van der Waals surface area contributed by atoms with Crippen molar-refractivity contribution < 1.29 is 14.3 Å². The number of carbonyl (C=O) groups excluding carboxylic acids is 2. The number of ether oxygens (including phenoxy) is 1. The van der Waals surface area contributed by atoms with Crippen molar-refractivity contribution in [3.63, 3.8) is 0 Å². The Balaban J connectivity index is 1.82. The molecule has 0 saturated heterocycles. The van der Waals surface area contributed by atoms with Crippen LogP contribution in [0, 0.1) is 6.92 Å². The zero-order valence-corrected chi connectivity index (χ0v) is 15.0. The quantitative estimate of drug-likeness (QED) is 0.874. The number of nitrogens with zero attached hydrogens (tertiary/aromatic N) is 1. The lowest BCUT2D eigenvalue weighted by Gasteiger charge is -2.31. The van der Waals surface area contributed by atoms with E-state index in [1.54, 1.807) is 19.1 Å². The number of carbonyl (C=O) groups is 2. The summed E-state index contributed by atoms with van der Waals surface area (Å²) >= 11 is 3.44. The first-order valence-electron chi connectivity index (χ1n) is 7.59. The SMILES string of the molecule is Cc1ccc(OC(C)C(=O)N2CC(=O)Nc3ccccc32)c(Br)c1. The Labute approximate surface area is 148 Å². The van der Waals surface area contributed by atoms with Crippen LogP contribution in [0.5, 0.6) is 5.75 Å². The van der Waals surface area contributed by atoms with Gasteiger partial charge in [0.2, 0.25) is 5.91 Å². The number of aryl methyl sites for hydroxylation is 1. The van der Waals surface area contributed by atoms with Gasteiger partial charge in [-0.3, -0.25) is 14.5 Å². The number of anilines is 2. The predicted molar refractivity (Wildman–Crippen MR) is 96.4 cm³/mol. The highest BCUT2D eigenvalue weighted by molar-refractivity contribution is 9.10. The first-order valence-corrected chi connectivity index (χ1v) is 8.38. The highest BCUT2D eigenvalue weighted by Crippen LogP contribution is 2.31. The average molecular weight is 389 g/mol. The van der Waals surface area contributed by atoms with Crippen LogP contribution in [0.4, 0.5) is 11.4 Å². The Hall–Kier alpha value is -2.34. The van der Waals surface area contributed by atoms with Crippen LogP contribution in [0.3, 0.4) is 0 Å². The summed E-state index contributed by atoms with van der Waals surface area (Å²) in [5.41, 5.74) is 2.40. The molecule has 2 amide bonds. The monoisotopic (exact) mass is 388 g/mol. The van der Waals surface area contributed by atoms with Gasteiger partial charge in [0, 0.05) is 0 Å². The minimum absolute atomic E-state index is 0.0153. The summed E-state index contributed by atoms with van der Waals surface area (Å²) in [5.74, 6) is 0.117. The molecule has 3 rings (SSSR count). The van der Waals surface area contributed by atoms with Crippen LogP contribution in [-0.2, 0) is 9.59 Å². The summed E-state index contributed by atoms with van der Waals surface area (Å²) in [6.45, 7) is 3.65. The van der Waals surface area contributed by atoms with E-state index in [4.69, 9.17) is 4.74 Å². The molecule has 1 N–H and O–H groups in total. The van der Waals surface area contributed by atoms with Gasteiger partial charge in [-0.05, 0) is 59.6 Å². The van der Waals surface area contributed by atoms with E-state index < -0.39 is 6.10 Å². The molecule has 0 aliphatic carbocycles. The van der Waals surface area contributed by atoms with Crippen molar-refractivity contribution in [1.29, 1.82) is 0 Å². The Bertz CT molecular complexity index is 807. The minimum atomic E-state index is -0.719. The van der Waals surface area contributed by atoms with Gasteiger partial charge in [0.1, 0.15) is 12.3 Å². The van der Waals surface area contributed by atoms with E-state index in [0.717, 1.165) is 10.0 Å². The van der Waals surface area contributed by atoms with Gasteiger partial charge in [-0.1, -0.05) is 18.2 Å². The number of halogens is 1. The summed E-state index contributed by atoms with van der Waals surface area (Å²) in [5, 5.41) is 2.77. The number of para-hydroxylation sites is 2. The summed E-state index contributed by atoms with van der Waals surface area (Å²) in [4.78, 5) is 26.1. The third kappa shape index (κ3) is 3.28. The summed E-state index contributed by atoms with van der Waals surface area (Å²) < 4.78 is 6.59. The van der Waals surface area contributed by atoms with Crippen LogP contribution >= 0.6 is 15.9 Å². The molecule has 0 bridgehead atoms. The van der Waals surface area contributed by atoms with Crippen molar-refractivity contribution in [1.82, 2.24) is 0 Å². The second-order valence-electron chi connectivity index (χ2n) is 5.68. The second-order valence-corrected chi connectivity index (χ2v) is 6.54. The van der Waals surface area contributed by atoms with Gasteiger partial charge in [-0.15, -0.1) is 0 Å². The lowest BCUT2D eigenvalue weighted by molar-refractivity contribution is -0.126. The van der Waals surface area contributed by atoms with Crippen molar-refractivity contribution in [2.24, 2.45) is 0 Å². The molecular formula is C18H17BrN2O3. The number of benzene rings is 2. The topological polar surface area (TPSA) is 58.6 Å². The molecule has 1 aliphatic heterocycles. The summed E-state index contributed by atoms with van der Waals surface area (Å²) in [6.07, 6.45) is -0.719. The van der Waals surface area contributed by atoms with Crippen molar-refractivity contribution >= 4 is 39.1 Å².